The fraction of sp³-hybridized carbons (Fsp3) is 0.235. The van der Waals surface area contributed by atoms with Crippen LogP contribution in [0.25, 0.3) is 0 Å². The van der Waals surface area contributed by atoms with Gasteiger partial charge in [0.05, 0.1) is 18.2 Å². The second-order valence-electron chi connectivity index (χ2n) is 5.32. The number of amides is 1. The van der Waals surface area contributed by atoms with Crippen molar-refractivity contribution in [3.8, 4) is 0 Å². The summed E-state index contributed by atoms with van der Waals surface area (Å²) in [6.07, 6.45) is 0.346. The molecule has 2 aromatic carbocycles. The van der Waals surface area contributed by atoms with E-state index >= 15 is 0 Å². The number of nitrogens with one attached hydrogen (secondary N) is 1. The maximum absolute atomic E-state index is 11.6. The summed E-state index contributed by atoms with van der Waals surface area (Å²) in [5.74, 6) is -0.00115. The number of anilines is 1. The Morgan fingerprint density at radius 1 is 1.25 bits per heavy atom. The van der Waals surface area contributed by atoms with Gasteiger partial charge in [0.2, 0.25) is 5.91 Å². The second-order valence-corrected chi connectivity index (χ2v) is 5.32. The van der Waals surface area contributed by atoms with E-state index in [2.05, 4.69) is 5.32 Å². The zero-order valence-corrected chi connectivity index (χ0v) is 11.4. The lowest BCUT2D eigenvalue weighted by molar-refractivity contribution is -0.115. The summed E-state index contributed by atoms with van der Waals surface area (Å²) in [4.78, 5) is 11.6. The number of carbonyl (C=O) groups excluding carboxylic acids is 1. The highest BCUT2D eigenvalue weighted by Crippen LogP contribution is 2.34. The van der Waals surface area contributed by atoms with Gasteiger partial charge in [-0.15, -0.1) is 0 Å². The molecule has 3 rings (SSSR count). The molecule has 1 atom stereocenters. The highest BCUT2D eigenvalue weighted by atomic mass is 16.3. The summed E-state index contributed by atoms with van der Waals surface area (Å²) < 4.78 is 0. The van der Waals surface area contributed by atoms with Gasteiger partial charge in [-0.1, -0.05) is 48.0 Å². The molecule has 0 fully saturated rings. The standard InChI is InChI=1S/C17H17NO2/c1-11-7-13-10-16(20)18-17(13)14(8-11)15(19)9-12-5-3-2-4-6-12/h2-8,15,19H,9-10H2,1H3,(H,18,20). The second kappa shape index (κ2) is 5.10. The number of hydrogen-bond acceptors (Lipinski definition) is 2. The summed E-state index contributed by atoms with van der Waals surface area (Å²) in [6, 6.07) is 13.8. The highest BCUT2D eigenvalue weighted by Gasteiger charge is 2.24. The molecular weight excluding hydrogens is 250 g/mol. The van der Waals surface area contributed by atoms with Crippen molar-refractivity contribution in [3.63, 3.8) is 0 Å². The van der Waals surface area contributed by atoms with Crippen LogP contribution in [0.2, 0.25) is 0 Å². The van der Waals surface area contributed by atoms with Crippen molar-refractivity contribution < 1.29 is 9.90 Å². The highest BCUT2D eigenvalue weighted by molar-refractivity contribution is 6.00. The average Bonchev–Trinajstić information content (AvgIpc) is 2.78. The lowest BCUT2D eigenvalue weighted by atomic mass is 9.96. The van der Waals surface area contributed by atoms with Crippen LogP contribution in [0.5, 0.6) is 0 Å². The van der Waals surface area contributed by atoms with Crippen LogP contribution in [0.3, 0.4) is 0 Å². The fourth-order valence-corrected chi connectivity index (χ4v) is 2.75. The Morgan fingerprint density at radius 3 is 2.75 bits per heavy atom. The summed E-state index contributed by atoms with van der Waals surface area (Å²) in [7, 11) is 0. The number of rotatable bonds is 3. The van der Waals surface area contributed by atoms with E-state index in [1.165, 1.54) is 0 Å². The zero-order chi connectivity index (χ0) is 14.1. The largest absolute Gasteiger partial charge is 0.388 e. The molecule has 3 heteroatoms. The van der Waals surface area contributed by atoms with Crippen LogP contribution in [0, 0.1) is 6.92 Å². The third kappa shape index (κ3) is 2.45. The van der Waals surface area contributed by atoms with E-state index in [1.807, 2.05) is 49.4 Å². The molecule has 102 valence electrons. The van der Waals surface area contributed by atoms with Crippen molar-refractivity contribution in [1.82, 2.24) is 0 Å². The molecule has 1 aliphatic heterocycles. The first-order valence-electron chi connectivity index (χ1n) is 6.79. The number of aryl methyl sites for hydroxylation is 1. The first kappa shape index (κ1) is 12.9. The van der Waals surface area contributed by atoms with E-state index < -0.39 is 6.10 Å². The van der Waals surface area contributed by atoms with Crippen LogP contribution in [-0.4, -0.2) is 11.0 Å². The molecule has 1 amide bonds. The normalized spacial score (nSPS) is 14.8. The monoisotopic (exact) mass is 267 g/mol. The van der Waals surface area contributed by atoms with E-state index in [4.69, 9.17) is 0 Å². The number of benzene rings is 2. The van der Waals surface area contributed by atoms with Gasteiger partial charge in [-0.25, -0.2) is 0 Å². The smallest absolute Gasteiger partial charge is 0.228 e. The van der Waals surface area contributed by atoms with Crippen LogP contribution in [0.1, 0.15) is 28.4 Å². The predicted molar refractivity (Wildman–Crippen MR) is 78.6 cm³/mol. The minimum absolute atomic E-state index is 0.00115. The van der Waals surface area contributed by atoms with Gasteiger partial charge in [0, 0.05) is 12.0 Å². The molecule has 0 bridgehead atoms. The van der Waals surface area contributed by atoms with Gasteiger partial charge in [-0.2, -0.15) is 0 Å². The van der Waals surface area contributed by atoms with Crippen molar-refractivity contribution in [3.05, 3.63) is 64.7 Å². The first-order chi connectivity index (χ1) is 9.63. The predicted octanol–water partition coefficient (Wildman–Crippen LogP) is 2.77. The molecule has 1 aliphatic rings. The maximum atomic E-state index is 11.6. The number of hydrogen-bond donors (Lipinski definition) is 2. The molecule has 1 unspecified atom stereocenters. The Kier molecular flexibility index (Phi) is 3.28. The quantitative estimate of drug-likeness (QED) is 0.898. The summed E-state index contributed by atoms with van der Waals surface area (Å²) in [6.45, 7) is 1.99. The molecule has 0 saturated heterocycles. The minimum Gasteiger partial charge on any atom is -0.388 e. The van der Waals surface area contributed by atoms with E-state index in [1.54, 1.807) is 0 Å². The van der Waals surface area contributed by atoms with Crippen LogP contribution in [-0.2, 0) is 17.6 Å². The van der Waals surface area contributed by atoms with Gasteiger partial charge in [0.15, 0.2) is 0 Å². The first-order valence-corrected chi connectivity index (χ1v) is 6.79. The molecule has 20 heavy (non-hydrogen) atoms. The van der Waals surface area contributed by atoms with Crippen LogP contribution < -0.4 is 5.32 Å². The van der Waals surface area contributed by atoms with Gasteiger partial charge in [0.1, 0.15) is 0 Å². The van der Waals surface area contributed by atoms with Crippen LogP contribution >= 0.6 is 0 Å². The molecule has 1 heterocycles. The Hall–Kier alpha value is -2.13. The van der Waals surface area contributed by atoms with Crippen molar-refractivity contribution in [2.45, 2.75) is 25.9 Å². The Morgan fingerprint density at radius 2 is 2.00 bits per heavy atom. The van der Waals surface area contributed by atoms with Gasteiger partial charge >= 0.3 is 0 Å². The Balaban J connectivity index is 1.92. The number of fused-ring (bicyclic) bond motifs is 1. The lowest BCUT2D eigenvalue weighted by Crippen LogP contribution is -2.08. The third-order valence-corrected chi connectivity index (χ3v) is 3.64. The summed E-state index contributed by atoms with van der Waals surface area (Å²) in [5, 5.41) is 13.4. The van der Waals surface area contributed by atoms with E-state index in [9.17, 15) is 9.90 Å². The Bertz CT molecular complexity index is 650. The molecule has 0 spiro atoms. The zero-order valence-electron chi connectivity index (χ0n) is 11.4. The van der Waals surface area contributed by atoms with Crippen LogP contribution in [0.4, 0.5) is 5.69 Å². The molecule has 0 saturated carbocycles. The van der Waals surface area contributed by atoms with Gasteiger partial charge in [-0.3, -0.25) is 4.79 Å². The molecular formula is C17H17NO2. The van der Waals surface area contributed by atoms with Crippen molar-refractivity contribution in [2.75, 3.05) is 5.32 Å². The summed E-state index contributed by atoms with van der Waals surface area (Å²) >= 11 is 0. The molecule has 0 aromatic heterocycles. The molecule has 3 nitrogen and oxygen atoms in total. The fourth-order valence-electron chi connectivity index (χ4n) is 2.75. The van der Waals surface area contributed by atoms with Crippen molar-refractivity contribution >= 4 is 11.6 Å². The molecule has 0 radical (unpaired) electrons. The van der Waals surface area contributed by atoms with Gasteiger partial charge < -0.3 is 10.4 Å². The average molecular weight is 267 g/mol. The topological polar surface area (TPSA) is 49.3 Å². The third-order valence-electron chi connectivity index (χ3n) is 3.64. The molecule has 0 aliphatic carbocycles. The van der Waals surface area contributed by atoms with Crippen LogP contribution in [0.15, 0.2) is 42.5 Å². The van der Waals surface area contributed by atoms with Crippen molar-refractivity contribution in [1.29, 1.82) is 0 Å². The maximum Gasteiger partial charge on any atom is 0.228 e. The van der Waals surface area contributed by atoms with E-state index in [0.717, 1.165) is 27.9 Å². The lowest BCUT2D eigenvalue weighted by Gasteiger charge is -2.16. The van der Waals surface area contributed by atoms with E-state index in [0.29, 0.717) is 12.8 Å². The Labute approximate surface area is 118 Å². The van der Waals surface area contributed by atoms with Crippen molar-refractivity contribution in [2.24, 2.45) is 0 Å². The molecule has 2 N–H and O–H groups in total. The van der Waals surface area contributed by atoms with E-state index in [-0.39, 0.29) is 5.91 Å². The SMILES string of the molecule is Cc1cc2c(c(C(O)Cc3ccccc3)c1)NC(=O)C2. The summed E-state index contributed by atoms with van der Waals surface area (Å²) in [5.41, 5.74) is 4.75. The minimum atomic E-state index is -0.607. The number of carbonyl (C=O) groups is 1. The number of aliphatic hydroxyl groups excluding tert-OH is 1. The van der Waals surface area contributed by atoms with Gasteiger partial charge in [0.25, 0.3) is 0 Å². The van der Waals surface area contributed by atoms with Gasteiger partial charge in [-0.05, 0) is 18.1 Å². The molecule has 2 aromatic rings. The number of aliphatic hydroxyl groups is 1.